The average Bonchev–Trinajstić information content (AvgIpc) is 2.41. The van der Waals surface area contributed by atoms with Gasteiger partial charge in [0, 0.05) is 13.2 Å². The number of aryl methyl sites for hydroxylation is 1. The first-order chi connectivity index (χ1) is 9.63. The molecule has 1 rings (SSSR count). The highest BCUT2D eigenvalue weighted by atomic mass is 16.5. The van der Waals surface area contributed by atoms with Crippen molar-refractivity contribution in [2.75, 3.05) is 19.7 Å². The average molecular weight is 277 g/mol. The van der Waals surface area contributed by atoms with Gasteiger partial charge in [0.2, 0.25) is 0 Å². The molecule has 2 heteroatoms. The molecule has 0 amide bonds. The summed E-state index contributed by atoms with van der Waals surface area (Å²) in [6, 6.07) is 8.67. The molecule has 0 aliphatic heterocycles. The van der Waals surface area contributed by atoms with Gasteiger partial charge >= 0.3 is 0 Å². The van der Waals surface area contributed by atoms with Gasteiger partial charge in [-0.25, -0.2) is 0 Å². The molecule has 0 radical (unpaired) electrons. The van der Waals surface area contributed by atoms with Crippen LogP contribution >= 0.6 is 0 Å². The summed E-state index contributed by atoms with van der Waals surface area (Å²) < 4.78 is 6.12. The lowest BCUT2D eigenvalue weighted by molar-refractivity contribution is 0.0488. The molecule has 1 unspecified atom stereocenters. The Labute approximate surface area is 124 Å². The Balaban J connectivity index is 2.51. The van der Waals surface area contributed by atoms with E-state index < -0.39 is 0 Å². The normalized spacial score (nSPS) is 12.8. The van der Waals surface area contributed by atoms with Crippen molar-refractivity contribution >= 4 is 0 Å². The summed E-state index contributed by atoms with van der Waals surface area (Å²) in [4.78, 5) is 0. The Morgan fingerprint density at radius 2 is 2.05 bits per heavy atom. The highest BCUT2D eigenvalue weighted by molar-refractivity contribution is 5.24. The zero-order valence-electron chi connectivity index (χ0n) is 13.6. The van der Waals surface area contributed by atoms with Crippen LogP contribution in [-0.4, -0.2) is 19.7 Å². The molecule has 0 fully saturated rings. The molecular weight excluding hydrogens is 246 g/mol. The number of rotatable bonds is 10. The number of hydrogen-bond acceptors (Lipinski definition) is 2. The summed E-state index contributed by atoms with van der Waals surface area (Å²) in [6.07, 6.45) is 3.72. The molecule has 1 atom stereocenters. The third-order valence-corrected chi connectivity index (χ3v) is 3.42. The van der Waals surface area contributed by atoms with E-state index in [1.807, 2.05) is 0 Å². The highest BCUT2D eigenvalue weighted by Crippen LogP contribution is 2.19. The van der Waals surface area contributed by atoms with Crippen molar-refractivity contribution in [3.8, 4) is 0 Å². The molecule has 1 aromatic carbocycles. The van der Waals surface area contributed by atoms with Crippen molar-refractivity contribution in [3.63, 3.8) is 0 Å². The quantitative estimate of drug-likeness (QED) is 0.636. The van der Waals surface area contributed by atoms with Gasteiger partial charge in [-0.3, -0.25) is 0 Å². The van der Waals surface area contributed by atoms with Crippen LogP contribution < -0.4 is 5.32 Å². The van der Waals surface area contributed by atoms with Crippen molar-refractivity contribution in [1.82, 2.24) is 5.32 Å². The molecule has 0 saturated carbocycles. The largest absolute Gasteiger partial charge is 0.372 e. The van der Waals surface area contributed by atoms with E-state index in [0.717, 1.165) is 38.5 Å². The van der Waals surface area contributed by atoms with E-state index in [1.165, 1.54) is 17.5 Å². The standard InChI is InChI=1S/C18H31NO/c1-5-11-19-14-18(20-12-7-8-15(2)3)17-10-6-9-16(4)13-17/h6,9-10,13,15,18-19H,5,7-8,11-12,14H2,1-4H3. The van der Waals surface area contributed by atoms with Crippen LogP contribution in [0.15, 0.2) is 24.3 Å². The molecule has 0 aliphatic rings. The zero-order chi connectivity index (χ0) is 14.8. The van der Waals surface area contributed by atoms with E-state index in [-0.39, 0.29) is 6.10 Å². The SMILES string of the molecule is CCCNCC(OCCCC(C)C)c1cccc(C)c1. The molecule has 0 heterocycles. The number of ether oxygens (including phenoxy) is 1. The van der Waals surface area contributed by atoms with Gasteiger partial charge in [0.1, 0.15) is 0 Å². The summed E-state index contributed by atoms with van der Waals surface area (Å²) in [6.45, 7) is 11.7. The second-order valence-electron chi connectivity index (χ2n) is 6.01. The van der Waals surface area contributed by atoms with Crippen LogP contribution in [0.25, 0.3) is 0 Å². The van der Waals surface area contributed by atoms with Crippen LogP contribution in [-0.2, 0) is 4.74 Å². The summed E-state index contributed by atoms with van der Waals surface area (Å²) in [5, 5.41) is 3.48. The van der Waals surface area contributed by atoms with Crippen LogP contribution in [0.5, 0.6) is 0 Å². The lowest BCUT2D eigenvalue weighted by atomic mass is 10.1. The topological polar surface area (TPSA) is 21.3 Å². The first-order valence-electron chi connectivity index (χ1n) is 8.02. The van der Waals surface area contributed by atoms with Gasteiger partial charge in [0.15, 0.2) is 0 Å². The summed E-state index contributed by atoms with van der Waals surface area (Å²) >= 11 is 0. The Morgan fingerprint density at radius 1 is 1.25 bits per heavy atom. The summed E-state index contributed by atoms with van der Waals surface area (Å²) in [5.74, 6) is 0.759. The molecule has 0 aliphatic carbocycles. The highest BCUT2D eigenvalue weighted by Gasteiger charge is 2.11. The van der Waals surface area contributed by atoms with E-state index in [9.17, 15) is 0 Å². The number of hydrogen-bond donors (Lipinski definition) is 1. The van der Waals surface area contributed by atoms with Crippen molar-refractivity contribution in [3.05, 3.63) is 35.4 Å². The fourth-order valence-electron chi connectivity index (χ4n) is 2.27. The van der Waals surface area contributed by atoms with Gasteiger partial charge in [0.05, 0.1) is 6.10 Å². The van der Waals surface area contributed by atoms with Crippen LogP contribution in [0.3, 0.4) is 0 Å². The van der Waals surface area contributed by atoms with Crippen molar-refractivity contribution in [2.45, 2.75) is 53.1 Å². The number of nitrogens with one attached hydrogen (secondary N) is 1. The van der Waals surface area contributed by atoms with Gasteiger partial charge in [-0.05, 0) is 44.2 Å². The van der Waals surface area contributed by atoms with Crippen LogP contribution in [0.1, 0.15) is 57.3 Å². The van der Waals surface area contributed by atoms with Gasteiger partial charge in [-0.1, -0.05) is 50.6 Å². The Kier molecular flexibility index (Phi) is 8.56. The zero-order valence-corrected chi connectivity index (χ0v) is 13.6. The van der Waals surface area contributed by atoms with E-state index in [0.29, 0.717) is 0 Å². The Hall–Kier alpha value is -0.860. The summed E-state index contributed by atoms with van der Waals surface area (Å²) in [5.41, 5.74) is 2.59. The molecule has 0 spiro atoms. The molecule has 2 nitrogen and oxygen atoms in total. The van der Waals surface area contributed by atoms with Crippen LogP contribution in [0.2, 0.25) is 0 Å². The van der Waals surface area contributed by atoms with Gasteiger partial charge in [0.25, 0.3) is 0 Å². The van der Waals surface area contributed by atoms with E-state index in [1.54, 1.807) is 0 Å². The molecular formula is C18H31NO. The van der Waals surface area contributed by atoms with Gasteiger partial charge < -0.3 is 10.1 Å². The smallest absolute Gasteiger partial charge is 0.0949 e. The van der Waals surface area contributed by atoms with E-state index >= 15 is 0 Å². The summed E-state index contributed by atoms with van der Waals surface area (Å²) in [7, 11) is 0. The molecule has 1 N–H and O–H groups in total. The lowest BCUT2D eigenvalue weighted by Crippen LogP contribution is -2.24. The van der Waals surface area contributed by atoms with Gasteiger partial charge in [-0.2, -0.15) is 0 Å². The first kappa shape index (κ1) is 17.2. The van der Waals surface area contributed by atoms with Crippen molar-refractivity contribution < 1.29 is 4.74 Å². The second-order valence-corrected chi connectivity index (χ2v) is 6.01. The Morgan fingerprint density at radius 3 is 2.70 bits per heavy atom. The first-order valence-corrected chi connectivity index (χ1v) is 8.02. The molecule has 114 valence electrons. The predicted octanol–water partition coefficient (Wildman–Crippen LogP) is 4.49. The van der Waals surface area contributed by atoms with Crippen LogP contribution in [0.4, 0.5) is 0 Å². The maximum Gasteiger partial charge on any atom is 0.0949 e. The van der Waals surface area contributed by atoms with E-state index in [4.69, 9.17) is 4.74 Å². The van der Waals surface area contributed by atoms with E-state index in [2.05, 4.69) is 57.3 Å². The Bertz CT molecular complexity index is 362. The third kappa shape index (κ3) is 7.06. The second kappa shape index (κ2) is 9.95. The maximum absolute atomic E-state index is 6.12. The molecule has 20 heavy (non-hydrogen) atoms. The predicted molar refractivity (Wildman–Crippen MR) is 87.1 cm³/mol. The molecule has 1 aromatic rings. The fraction of sp³-hybridized carbons (Fsp3) is 0.667. The monoisotopic (exact) mass is 277 g/mol. The lowest BCUT2D eigenvalue weighted by Gasteiger charge is -2.20. The van der Waals surface area contributed by atoms with Crippen molar-refractivity contribution in [2.24, 2.45) is 5.92 Å². The molecule has 0 aromatic heterocycles. The minimum atomic E-state index is 0.175. The third-order valence-electron chi connectivity index (χ3n) is 3.42. The fourth-order valence-corrected chi connectivity index (χ4v) is 2.27. The molecule has 0 bridgehead atoms. The van der Waals surface area contributed by atoms with Crippen LogP contribution in [0, 0.1) is 12.8 Å². The maximum atomic E-state index is 6.12. The number of benzene rings is 1. The van der Waals surface area contributed by atoms with Crippen molar-refractivity contribution in [1.29, 1.82) is 0 Å². The minimum absolute atomic E-state index is 0.175. The van der Waals surface area contributed by atoms with Gasteiger partial charge in [-0.15, -0.1) is 0 Å². The molecule has 0 saturated heterocycles. The minimum Gasteiger partial charge on any atom is -0.372 e.